The lowest BCUT2D eigenvalue weighted by atomic mass is 10.1. The largest absolute Gasteiger partial charge is 0.375 e. The summed E-state index contributed by atoms with van der Waals surface area (Å²) in [5.41, 5.74) is 1.33. The Bertz CT molecular complexity index is 574. The highest BCUT2D eigenvalue weighted by molar-refractivity contribution is 5.94. The minimum Gasteiger partial charge on any atom is -0.375 e. The first-order valence-electron chi connectivity index (χ1n) is 7.98. The second-order valence-electron chi connectivity index (χ2n) is 6.16. The zero-order chi connectivity index (χ0) is 17.0. The number of carbonyl (C=O) groups is 2. The summed E-state index contributed by atoms with van der Waals surface area (Å²) in [7, 11) is 0. The number of amides is 3. The molecule has 126 valence electrons. The van der Waals surface area contributed by atoms with E-state index >= 15 is 0 Å². The number of rotatable bonds is 3. The Morgan fingerprint density at radius 2 is 1.87 bits per heavy atom. The van der Waals surface area contributed by atoms with E-state index in [-0.39, 0.29) is 30.0 Å². The molecule has 0 aromatic heterocycles. The summed E-state index contributed by atoms with van der Waals surface area (Å²) >= 11 is 0. The second-order valence-corrected chi connectivity index (χ2v) is 6.16. The van der Waals surface area contributed by atoms with Crippen molar-refractivity contribution in [2.75, 3.05) is 23.8 Å². The quantitative estimate of drug-likeness (QED) is 0.900. The number of anilines is 2. The minimum atomic E-state index is -0.153. The fourth-order valence-electron chi connectivity index (χ4n) is 2.38. The monoisotopic (exact) mass is 319 g/mol. The van der Waals surface area contributed by atoms with Gasteiger partial charge in [-0.1, -0.05) is 19.9 Å². The van der Waals surface area contributed by atoms with Crippen molar-refractivity contribution in [3.05, 3.63) is 24.3 Å². The summed E-state index contributed by atoms with van der Waals surface area (Å²) in [5.74, 6) is -0.145. The Morgan fingerprint density at radius 3 is 2.52 bits per heavy atom. The Hall–Kier alpha value is -2.08. The third-order valence-electron chi connectivity index (χ3n) is 4.05. The van der Waals surface area contributed by atoms with Crippen molar-refractivity contribution in [3.63, 3.8) is 0 Å². The lowest BCUT2D eigenvalue weighted by Crippen LogP contribution is -2.52. The first-order valence-corrected chi connectivity index (χ1v) is 7.98. The molecule has 1 aromatic rings. The van der Waals surface area contributed by atoms with Gasteiger partial charge in [-0.25, -0.2) is 4.79 Å². The van der Waals surface area contributed by atoms with Crippen LogP contribution in [0, 0.1) is 5.92 Å². The molecule has 0 spiro atoms. The molecular formula is C17H25N3O3. The third kappa shape index (κ3) is 4.45. The molecule has 1 saturated heterocycles. The molecule has 0 unspecified atom stereocenters. The molecule has 1 fully saturated rings. The van der Waals surface area contributed by atoms with E-state index in [2.05, 4.69) is 10.6 Å². The summed E-state index contributed by atoms with van der Waals surface area (Å²) in [6.45, 7) is 8.73. The van der Waals surface area contributed by atoms with E-state index in [1.54, 1.807) is 29.2 Å². The number of hydrogen-bond donors (Lipinski definition) is 2. The van der Waals surface area contributed by atoms with Crippen LogP contribution in [0.3, 0.4) is 0 Å². The maximum absolute atomic E-state index is 12.4. The Kier molecular flexibility index (Phi) is 5.60. The van der Waals surface area contributed by atoms with E-state index in [4.69, 9.17) is 4.74 Å². The molecule has 2 rings (SSSR count). The number of carbonyl (C=O) groups excluding carboxylic acids is 2. The van der Waals surface area contributed by atoms with Gasteiger partial charge in [-0.3, -0.25) is 4.79 Å². The molecule has 1 aliphatic rings. The third-order valence-corrected chi connectivity index (χ3v) is 4.05. The highest BCUT2D eigenvalue weighted by Gasteiger charge is 2.29. The Labute approximate surface area is 137 Å². The van der Waals surface area contributed by atoms with Crippen molar-refractivity contribution in [2.45, 2.75) is 39.8 Å². The first-order chi connectivity index (χ1) is 10.9. The van der Waals surface area contributed by atoms with E-state index in [0.29, 0.717) is 24.5 Å². The molecule has 6 heteroatoms. The van der Waals surface area contributed by atoms with Crippen LogP contribution in [-0.2, 0) is 9.53 Å². The zero-order valence-corrected chi connectivity index (χ0v) is 14.1. The molecule has 1 aliphatic heterocycles. The van der Waals surface area contributed by atoms with Crippen molar-refractivity contribution in [2.24, 2.45) is 5.92 Å². The average Bonchev–Trinajstić information content (AvgIpc) is 2.50. The molecule has 3 amide bonds. The second kappa shape index (κ2) is 7.46. The van der Waals surface area contributed by atoms with Crippen molar-refractivity contribution in [1.29, 1.82) is 0 Å². The normalized spacial score (nSPS) is 21.2. The molecular weight excluding hydrogens is 294 g/mol. The van der Waals surface area contributed by atoms with Crippen molar-refractivity contribution in [3.8, 4) is 0 Å². The highest BCUT2D eigenvalue weighted by atomic mass is 16.5. The van der Waals surface area contributed by atoms with Crippen LogP contribution in [0.25, 0.3) is 0 Å². The van der Waals surface area contributed by atoms with Crippen molar-refractivity contribution >= 4 is 23.3 Å². The fraction of sp³-hybridized carbons (Fsp3) is 0.529. The molecule has 2 N–H and O–H groups in total. The minimum absolute atomic E-state index is 0.0196. The van der Waals surface area contributed by atoms with Crippen LogP contribution in [-0.4, -0.2) is 42.1 Å². The van der Waals surface area contributed by atoms with Gasteiger partial charge >= 0.3 is 6.03 Å². The summed E-state index contributed by atoms with van der Waals surface area (Å²) in [6.07, 6.45) is 0.0196. The maximum Gasteiger partial charge on any atom is 0.322 e. The van der Waals surface area contributed by atoms with Crippen LogP contribution >= 0.6 is 0 Å². The van der Waals surface area contributed by atoms with Gasteiger partial charge < -0.3 is 20.3 Å². The summed E-state index contributed by atoms with van der Waals surface area (Å²) in [6, 6.07) is 7.03. The summed E-state index contributed by atoms with van der Waals surface area (Å²) in [4.78, 5) is 26.0. The molecule has 23 heavy (non-hydrogen) atoms. The molecule has 1 aromatic carbocycles. The molecule has 0 aliphatic carbocycles. The van der Waals surface area contributed by atoms with E-state index in [9.17, 15) is 9.59 Å². The number of benzene rings is 1. The van der Waals surface area contributed by atoms with E-state index in [1.165, 1.54) is 0 Å². The topological polar surface area (TPSA) is 70.7 Å². The number of hydrogen-bond acceptors (Lipinski definition) is 3. The zero-order valence-electron chi connectivity index (χ0n) is 14.1. The molecule has 0 radical (unpaired) electrons. The van der Waals surface area contributed by atoms with Crippen LogP contribution in [0.4, 0.5) is 16.2 Å². The van der Waals surface area contributed by atoms with Crippen LogP contribution in [0.1, 0.15) is 27.7 Å². The Balaban J connectivity index is 2.02. The van der Waals surface area contributed by atoms with E-state index in [0.717, 1.165) is 0 Å². The SMILES string of the molecule is CC(C)C(=O)Nc1cccc(NC(=O)N2CCO[C@@H](C)[C@@H]2C)c1. The first kappa shape index (κ1) is 17.3. The summed E-state index contributed by atoms with van der Waals surface area (Å²) < 4.78 is 5.54. The Morgan fingerprint density at radius 1 is 1.22 bits per heavy atom. The number of urea groups is 1. The lowest BCUT2D eigenvalue weighted by Gasteiger charge is -2.37. The molecule has 0 bridgehead atoms. The molecule has 6 nitrogen and oxygen atoms in total. The highest BCUT2D eigenvalue weighted by Crippen LogP contribution is 2.19. The number of nitrogens with one attached hydrogen (secondary N) is 2. The number of morpholine rings is 1. The van der Waals surface area contributed by atoms with Gasteiger partial charge in [0, 0.05) is 23.8 Å². The van der Waals surface area contributed by atoms with Gasteiger partial charge in [-0.15, -0.1) is 0 Å². The van der Waals surface area contributed by atoms with Crippen LogP contribution in [0.15, 0.2) is 24.3 Å². The van der Waals surface area contributed by atoms with Gasteiger partial charge in [0.2, 0.25) is 5.91 Å². The van der Waals surface area contributed by atoms with Crippen LogP contribution in [0.5, 0.6) is 0 Å². The molecule has 2 atom stereocenters. The smallest absolute Gasteiger partial charge is 0.322 e. The van der Waals surface area contributed by atoms with Gasteiger partial charge in [-0.05, 0) is 32.0 Å². The van der Waals surface area contributed by atoms with E-state index < -0.39 is 0 Å². The van der Waals surface area contributed by atoms with Gasteiger partial charge in [0.25, 0.3) is 0 Å². The summed E-state index contributed by atoms with van der Waals surface area (Å²) in [5, 5.41) is 5.71. The van der Waals surface area contributed by atoms with Crippen molar-refractivity contribution in [1.82, 2.24) is 4.90 Å². The lowest BCUT2D eigenvalue weighted by molar-refractivity contribution is -0.118. The van der Waals surface area contributed by atoms with Crippen LogP contribution in [0.2, 0.25) is 0 Å². The van der Waals surface area contributed by atoms with Gasteiger partial charge in [0.05, 0.1) is 18.8 Å². The van der Waals surface area contributed by atoms with Gasteiger partial charge in [-0.2, -0.15) is 0 Å². The van der Waals surface area contributed by atoms with Gasteiger partial charge in [0.1, 0.15) is 0 Å². The molecule has 1 heterocycles. The van der Waals surface area contributed by atoms with Crippen molar-refractivity contribution < 1.29 is 14.3 Å². The number of nitrogens with zero attached hydrogens (tertiary/aromatic N) is 1. The van der Waals surface area contributed by atoms with Crippen LogP contribution < -0.4 is 10.6 Å². The predicted octanol–water partition coefficient (Wildman–Crippen LogP) is 2.92. The maximum atomic E-state index is 12.4. The fourth-order valence-corrected chi connectivity index (χ4v) is 2.38. The predicted molar refractivity (Wildman–Crippen MR) is 90.5 cm³/mol. The van der Waals surface area contributed by atoms with E-state index in [1.807, 2.05) is 27.7 Å². The molecule has 0 saturated carbocycles. The number of ether oxygens (including phenoxy) is 1. The standard InChI is InChI=1S/C17H25N3O3/c1-11(2)16(21)18-14-6-5-7-15(10-14)19-17(22)20-8-9-23-13(4)12(20)3/h5-7,10-13H,8-9H2,1-4H3,(H,18,21)(H,19,22)/t12-,13-/m0/s1. The average molecular weight is 319 g/mol. The van der Waals surface area contributed by atoms with Gasteiger partial charge in [0.15, 0.2) is 0 Å².